The van der Waals surface area contributed by atoms with Crippen LogP contribution in [0.15, 0.2) is 23.2 Å². The Morgan fingerprint density at radius 2 is 2.24 bits per heavy atom. The summed E-state index contributed by atoms with van der Waals surface area (Å²) in [7, 11) is 0. The fraction of sp³-hybridized carbons (Fsp3) is 0.588. The van der Waals surface area contributed by atoms with Gasteiger partial charge in [-0.15, -0.1) is 24.0 Å². The molecule has 1 unspecified atom stereocenters. The van der Waals surface area contributed by atoms with Gasteiger partial charge in [-0.25, -0.2) is 0 Å². The number of aliphatic imine (C=N–C) groups is 1. The molecule has 1 saturated heterocycles. The lowest BCUT2D eigenvalue weighted by Gasteiger charge is -2.20. The second-order valence-corrected chi connectivity index (χ2v) is 6.71. The van der Waals surface area contributed by atoms with Crippen LogP contribution in [0.5, 0.6) is 0 Å². The van der Waals surface area contributed by atoms with E-state index in [-0.39, 0.29) is 24.0 Å². The summed E-state index contributed by atoms with van der Waals surface area (Å²) in [4.78, 5) is 6.89. The van der Waals surface area contributed by atoms with Gasteiger partial charge in [0.05, 0.1) is 19.8 Å². The lowest BCUT2D eigenvalue weighted by Crippen LogP contribution is -2.37. The zero-order valence-corrected chi connectivity index (χ0v) is 18.4. The topological polar surface area (TPSA) is 62.9 Å². The Bertz CT molecular complexity index is 559. The van der Waals surface area contributed by atoms with Crippen molar-refractivity contribution in [2.24, 2.45) is 10.7 Å². The molecule has 0 amide bonds. The van der Waals surface area contributed by atoms with Crippen LogP contribution in [0.1, 0.15) is 25.3 Å². The average molecular weight is 501 g/mol. The first-order chi connectivity index (χ1) is 11.6. The van der Waals surface area contributed by atoms with Gasteiger partial charge in [-0.2, -0.15) is 0 Å². The van der Waals surface area contributed by atoms with Gasteiger partial charge < -0.3 is 15.8 Å². The molecular formula is C17H27Cl2IN4O. The standard InChI is InChI=1S/C17H26Cl2N4O.HI/c1-2-23-8-3-4-15(23)11-22-17(20)21-7-9-24-12-13-5-6-14(18)10-16(13)19;/h5-6,10,15H,2-4,7-9,11-12H2,1H3,(H3,20,21,22);1H. The zero-order valence-electron chi connectivity index (χ0n) is 14.5. The highest BCUT2D eigenvalue weighted by Crippen LogP contribution is 2.21. The Kier molecular flexibility index (Phi) is 11.1. The molecule has 1 aromatic rings. The van der Waals surface area contributed by atoms with Crippen LogP contribution in [0.3, 0.4) is 0 Å². The number of likely N-dealkylation sites (tertiary alicyclic amines) is 1. The van der Waals surface area contributed by atoms with Crippen LogP contribution in [-0.2, 0) is 11.3 Å². The fourth-order valence-corrected chi connectivity index (χ4v) is 3.31. The number of hydrogen-bond donors (Lipinski definition) is 2. The molecule has 1 atom stereocenters. The molecule has 1 aromatic carbocycles. The van der Waals surface area contributed by atoms with E-state index in [4.69, 9.17) is 33.7 Å². The molecule has 0 saturated carbocycles. The van der Waals surface area contributed by atoms with Crippen molar-refractivity contribution in [1.82, 2.24) is 10.2 Å². The molecule has 2 rings (SSSR count). The first-order valence-corrected chi connectivity index (χ1v) is 9.15. The molecule has 0 bridgehead atoms. The van der Waals surface area contributed by atoms with Crippen molar-refractivity contribution < 1.29 is 4.74 Å². The number of nitrogens with one attached hydrogen (secondary N) is 1. The number of hydrogen-bond acceptors (Lipinski definition) is 3. The Hall–Kier alpha value is -0.280. The van der Waals surface area contributed by atoms with Gasteiger partial charge in [-0.3, -0.25) is 9.89 Å². The van der Waals surface area contributed by atoms with Crippen LogP contribution in [0, 0.1) is 0 Å². The van der Waals surface area contributed by atoms with Crippen LogP contribution in [0.2, 0.25) is 10.0 Å². The molecule has 8 heteroatoms. The van der Waals surface area contributed by atoms with E-state index >= 15 is 0 Å². The van der Waals surface area contributed by atoms with Crippen molar-refractivity contribution >= 4 is 53.1 Å². The second-order valence-electron chi connectivity index (χ2n) is 5.87. The van der Waals surface area contributed by atoms with Crippen molar-refractivity contribution in [1.29, 1.82) is 0 Å². The third-order valence-electron chi connectivity index (χ3n) is 4.20. The molecule has 0 spiro atoms. The fourth-order valence-electron chi connectivity index (χ4n) is 2.85. The third-order valence-corrected chi connectivity index (χ3v) is 4.79. The summed E-state index contributed by atoms with van der Waals surface area (Å²) in [5.41, 5.74) is 6.82. The summed E-state index contributed by atoms with van der Waals surface area (Å²) >= 11 is 12.0. The van der Waals surface area contributed by atoms with Gasteiger partial charge in [0.25, 0.3) is 0 Å². The number of ether oxygens (including phenoxy) is 1. The second kappa shape index (κ2) is 12.2. The highest BCUT2D eigenvalue weighted by molar-refractivity contribution is 14.0. The van der Waals surface area contributed by atoms with Crippen molar-refractivity contribution in [3.8, 4) is 0 Å². The number of benzene rings is 1. The highest BCUT2D eigenvalue weighted by atomic mass is 127. The lowest BCUT2D eigenvalue weighted by molar-refractivity contribution is 0.125. The zero-order chi connectivity index (χ0) is 17.4. The van der Waals surface area contributed by atoms with Gasteiger partial charge in [-0.05, 0) is 43.6 Å². The Morgan fingerprint density at radius 3 is 2.96 bits per heavy atom. The Labute approximate surface area is 177 Å². The van der Waals surface area contributed by atoms with Crippen molar-refractivity contribution in [2.75, 3.05) is 32.8 Å². The molecular weight excluding hydrogens is 474 g/mol. The normalized spacial score (nSPS) is 18.2. The number of nitrogens with zero attached hydrogens (tertiary/aromatic N) is 2. The summed E-state index contributed by atoms with van der Waals surface area (Å²) in [6.07, 6.45) is 2.46. The largest absolute Gasteiger partial charge is 0.375 e. The quantitative estimate of drug-likeness (QED) is 0.248. The van der Waals surface area contributed by atoms with Gasteiger partial charge in [0.2, 0.25) is 0 Å². The van der Waals surface area contributed by atoms with Crippen molar-refractivity contribution in [3.63, 3.8) is 0 Å². The van der Waals surface area contributed by atoms with Crippen LogP contribution in [-0.4, -0.2) is 49.7 Å². The van der Waals surface area contributed by atoms with E-state index in [0.29, 0.717) is 41.8 Å². The van der Waals surface area contributed by atoms with Crippen molar-refractivity contribution in [3.05, 3.63) is 33.8 Å². The van der Waals surface area contributed by atoms with Crippen LogP contribution < -0.4 is 11.1 Å². The van der Waals surface area contributed by atoms with Gasteiger partial charge in [0.1, 0.15) is 0 Å². The van der Waals surface area contributed by atoms with Crippen LogP contribution in [0.4, 0.5) is 0 Å². The minimum absolute atomic E-state index is 0. The van der Waals surface area contributed by atoms with Gasteiger partial charge in [-0.1, -0.05) is 36.2 Å². The summed E-state index contributed by atoms with van der Waals surface area (Å²) in [5, 5.41) is 4.32. The maximum absolute atomic E-state index is 6.10. The smallest absolute Gasteiger partial charge is 0.188 e. The van der Waals surface area contributed by atoms with E-state index in [0.717, 1.165) is 18.7 Å². The molecule has 1 heterocycles. The number of guanidine groups is 1. The van der Waals surface area contributed by atoms with Crippen LogP contribution >= 0.6 is 47.2 Å². The predicted octanol–water partition coefficient (Wildman–Crippen LogP) is 3.52. The Morgan fingerprint density at radius 1 is 1.44 bits per heavy atom. The minimum atomic E-state index is 0. The molecule has 1 aliphatic rings. The van der Waals surface area contributed by atoms with Gasteiger partial charge >= 0.3 is 0 Å². The molecule has 25 heavy (non-hydrogen) atoms. The summed E-state index contributed by atoms with van der Waals surface area (Å²) in [6.45, 7) is 6.78. The van der Waals surface area contributed by atoms with Gasteiger partial charge in [0, 0.05) is 22.6 Å². The summed E-state index contributed by atoms with van der Waals surface area (Å²) < 4.78 is 5.59. The number of halogens is 3. The average Bonchev–Trinajstić information content (AvgIpc) is 3.02. The van der Waals surface area contributed by atoms with E-state index in [1.165, 1.54) is 19.4 Å². The molecule has 142 valence electrons. The SMILES string of the molecule is CCN1CCCC1CN=C(N)NCCOCc1ccc(Cl)cc1Cl.I. The number of likely N-dealkylation sites (N-methyl/N-ethyl adjacent to an activating group) is 1. The first kappa shape index (κ1) is 22.8. The lowest BCUT2D eigenvalue weighted by atomic mass is 10.2. The number of nitrogens with two attached hydrogens (primary N) is 1. The summed E-state index contributed by atoms with van der Waals surface area (Å²) in [6, 6.07) is 5.92. The third kappa shape index (κ3) is 7.86. The van der Waals surface area contributed by atoms with E-state index in [2.05, 4.69) is 22.1 Å². The maximum atomic E-state index is 6.10. The van der Waals surface area contributed by atoms with E-state index in [9.17, 15) is 0 Å². The first-order valence-electron chi connectivity index (χ1n) is 8.39. The number of rotatable bonds is 8. The van der Waals surface area contributed by atoms with Crippen LogP contribution in [0.25, 0.3) is 0 Å². The molecule has 0 radical (unpaired) electrons. The molecule has 0 aromatic heterocycles. The Balaban J connectivity index is 0.00000312. The van der Waals surface area contributed by atoms with Gasteiger partial charge in [0.15, 0.2) is 5.96 Å². The molecule has 1 fully saturated rings. The summed E-state index contributed by atoms with van der Waals surface area (Å²) in [5.74, 6) is 0.478. The predicted molar refractivity (Wildman–Crippen MR) is 116 cm³/mol. The molecule has 3 N–H and O–H groups in total. The van der Waals surface area contributed by atoms with E-state index < -0.39 is 0 Å². The molecule has 5 nitrogen and oxygen atoms in total. The van der Waals surface area contributed by atoms with Crippen molar-refractivity contribution in [2.45, 2.75) is 32.4 Å². The maximum Gasteiger partial charge on any atom is 0.188 e. The van der Waals surface area contributed by atoms with E-state index in [1.807, 2.05) is 6.07 Å². The van der Waals surface area contributed by atoms with E-state index in [1.54, 1.807) is 12.1 Å². The minimum Gasteiger partial charge on any atom is -0.375 e. The highest BCUT2D eigenvalue weighted by Gasteiger charge is 2.22. The molecule has 1 aliphatic heterocycles. The monoisotopic (exact) mass is 500 g/mol. The molecule has 0 aliphatic carbocycles.